The van der Waals surface area contributed by atoms with Gasteiger partial charge in [-0.05, 0) is 94.8 Å². The van der Waals surface area contributed by atoms with Gasteiger partial charge in [0.25, 0.3) is 0 Å². The number of benzene rings is 2. The lowest BCUT2D eigenvalue weighted by atomic mass is 9.71. The molecular weight excluding hydrogens is 556 g/mol. The Kier molecular flexibility index (Phi) is 13.8. The summed E-state index contributed by atoms with van der Waals surface area (Å²) in [7, 11) is 0. The Balaban J connectivity index is 2.62. The minimum atomic E-state index is -1.26. The van der Waals surface area contributed by atoms with Gasteiger partial charge in [0.1, 0.15) is 11.9 Å². The molecule has 0 saturated heterocycles. The fourth-order valence-electron chi connectivity index (χ4n) is 6.24. The van der Waals surface area contributed by atoms with E-state index in [0.29, 0.717) is 11.8 Å². The summed E-state index contributed by atoms with van der Waals surface area (Å²) < 4.78 is 6.97. The minimum absolute atomic E-state index is 0.0956. The van der Waals surface area contributed by atoms with Crippen LogP contribution in [0.5, 0.6) is 5.75 Å². The molecule has 0 aliphatic carbocycles. The van der Waals surface area contributed by atoms with Gasteiger partial charge in [-0.1, -0.05) is 126 Å². The Hall–Kier alpha value is -1.88. The standard InChI is InChI=1S/C41H68O4/c1-37(2,3)23-21-32(39(7,8)9)25-30-17-13-15-19-34(30)36(41(27-42,28-43)29-44)45-35-20-16-14-18-31(35)26-33(40(10,11)12)22-24-38(4,5)6/h13-20,32-33,36,42-44H,21-29H2,1-12H3. The summed E-state index contributed by atoms with van der Waals surface area (Å²) in [5.74, 6) is 1.62. The van der Waals surface area contributed by atoms with E-state index in [9.17, 15) is 15.3 Å². The molecule has 0 aromatic heterocycles. The number of hydrogen-bond acceptors (Lipinski definition) is 4. The molecule has 0 fully saturated rings. The van der Waals surface area contributed by atoms with Crippen LogP contribution in [0.3, 0.4) is 0 Å². The average molecular weight is 625 g/mol. The van der Waals surface area contributed by atoms with E-state index >= 15 is 0 Å². The van der Waals surface area contributed by atoms with Crippen LogP contribution in [-0.4, -0.2) is 35.1 Å². The lowest BCUT2D eigenvalue weighted by Gasteiger charge is -2.39. The normalized spacial score (nSPS) is 15.5. The third kappa shape index (κ3) is 12.0. The summed E-state index contributed by atoms with van der Waals surface area (Å²) >= 11 is 0. The van der Waals surface area contributed by atoms with Gasteiger partial charge in [0.05, 0.1) is 25.2 Å². The topological polar surface area (TPSA) is 69.9 Å². The first kappa shape index (κ1) is 39.3. The van der Waals surface area contributed by atoms with Crippen LogP contribution in [0.15, 0.2) is 48.5 Å². The van der Waals surface area contributed by atoms with Crippen LogP contribution in [0.4, 0.5) is 0 Å². The summed E-state index contributed by atoms with van der Waals surface area (Å²) in [6.45, 7) is 26.5. The van der Waals surface area contributed by atoms with E-state index in [-0.39, 0.29) is 21.7 Å². The van der Waals surface area contributed by atoms with Crippen LogP contribution >= 0.6 is 0 Å². The predicted molar refractivity (Wildman–Crippen MR) is 191 cm³/mol. The van der Waals surface area contributed by atoms with Crippen molar-refractivity contribution in [1.82, 2.24) is 0 Å². The summed E-state index contributed by atoms with van der Waals surface area (Å²) in [6.07, 6.45) is 5.47. The van der Waals surface area contributed by atoms with Crippen LogP contribution in [0.2, 0.25) is 0 Å². The molecule has 3 N–H and O–H groups in total. The molecule has 45 heavy (non-hydrogen) atoms. The van der Waals surface area contributed by atoms with Gasteiger partial charge in [0.15, 0.2) is 0 Å². The molecule has 2 aromatic rings. The number of rotatable bonds is 15. The fraction of sp³-hybridized carbons (Fsp3) is 0.707. The zero-order valence-electron chi connectivity index (χ0n) is 31.0. The van der Waals surface area contributed by atoms with Crippen molar-refractivity contribution in [2.24, 2.45) is 38.9 Å². The molecular formula is C41H68O4. The van der Waals surface area contributed by atoms with Gasteiger partial charge in [-0.15, -0.1) is 0 Å². The molecule has 0 amide bonds. The van der Waals surface area contributed by atoms with Crippen molar-refractivity contribution in [2.45, 2.75) is 128 Å². The molecule has 0 bridgehead atoms. The largest absolute Gasteiger partial charge is 0.485 e. The Morgan fingerprint density at radius 3 is 1.38 bits per heavy atom. The maximum Gasteiger partial charge on any atom is 0.136 e. The molecule has 0 aliphatic rings. The van der Waals surface area contributed by atoms with Crippen LogP contribution < -0.4 is 4.74 Å². The molecule has 0 spiro atoms. The number of ether oxygens (including phenoxy) is 1. The smallest absolute Gasteiger partial charge is 0.136 e. The van der Waals surface area contributed by atoms with E-state index in [1.165, 1.54) is 0 Å². The van der Waals surface area contributed by atoms with Crippen LogP contribution in [0, 0.1) is 38.9 Å². The predicted octanol–water partition coefficient (Wildman–Crippen LogP) is 9.83. The Morgan fingerprint density at radius 2 is 0.956 bits per heavy atom. The van der Waals surface area contributed by atoms with Crippen molar-refractivity contribution in [3.05, 3.63) is 65.2 Å². The van der Waals surface area contributed by atoms with E-state index in [4.69, 9.17) is 4.74 Å². The summed E-state index contributed by atoms with van der Waals surface area (Å²) in [4.78, 5) is 0. The van der Waals surface area contributed by atoms with Gasteiger partial charge < -0.3 is 20.1 Å². The lowest BCUT2D eigenvalue weighted by Crippen LogP contribution is -2.43. The molecule has 3 atom stereocenters. The Labute approximate surface area is 277 Å². The SMILES string of the molecule is CC(C)(C)CCC(Cc1ccccc1OC(c1ccccc1CC(CCC(C)(C)C)C(C)(C)C)C(CO)(CO)CO)C(C)(C)C. The fourth-order valence-corrected chi connectivity index (χ4v) is 6.24. The first-order valence-corrected chi connectivity index (χ1v) is 17.3. The van der Waals surface area contributed by atoms with Gasteiger partial charge in [0.2, 0.25) is 0 Å². The first-order chi connectivity index (χ1) is 20.7. The zero-order valence-corrected chi connectivity index (χ0v) is 31.0. The van der Waals surface area contributed by atoms with Crippen molar-refractivity contribution in [3.8, 4) is 5.75 Å². The van der Waals surface area contributed by atoms with Gasteiger partial charge in [-0.25, -0.2) is 0 Å². The van der Waals surface area contributed by atoms with E-state index < -0.39 is 31.3 Å². The second-order valence-corrected chi connectivity index (χ2v) is 18.4. The van der Waals surface area contributed by atoms with E-state index in [2.05, 4.69) is 113 Å². The van der Waals surface area contributed by atoms with Gasteiger partial charge in [-0.3, -0.25) is 0 Å². The maximum atomic E-state index is 10.7. The molecule has 2 rings (SSSR count). The molecule has 0 heterocycles. The van der Waals surface area contributed by atoms with Crippen LogP contribution in [-0.2, 0) is 12.8 Å². The van der Waals surface area contributed by atoms with Gasteiger partial charge >= 0.3 is 0 Å². The highest BCUT2D eigenvalue weighted by molar-refractivity contribution is 5.37. The van der Waals surface area contributed by atoms with Crippen molar-refractivity contribution >= 4 is 0 Å². The van der Waals surface area contributed by atoms with Crippen LogP contribution in [0.1, 0.15) is 132 Å². The third-order valence-electron chi connectivity index (χ3n) is 9.92. The molecule has 0 saturated carbocycles. The Bertz CT molecular complexity index is 1140. The third-order valence-corrected chi connectivity index (χ3v) is 9.92. The molecule has 2 aromatic carbocycles. The first-order valence-electron chi connectivity index (χ1n) is 17.3. The second kappa shape index (κ2) is 15.8. The van der Waals surface area contributed by atoms with Crippen molar-refractivity contribution in [1.29, 1.82) is 0 Å². The molecule has 4 heteroatoms. The maximum absolute atomic E-state index is 10.7. The van der Waals surface area contributed by atoms with Crippen molar-refractivity contribution in [3.63, 3.8) is 0 Å². The average Bonchev–Trinajstić information content (AvgIpc) is 2.92. The molecule has 4 nitrogen and oxygen atoms in total. The molecule has 0 radical (unpaired) electrons. The van der Waals surface area contributed by atoms with Crippen LogP contribution in [0.25, 0.3) is 0 Å². The quantitative estimate of drug-likeness (QED) is 0.184. The molecule has 256 valence electrons. The van der Waals surface area contributed by atoms with Crippen molar-refractivity contribution in [2.75, 3.05) is 19.8 Å². The van der Waals surface area contributed by atoms with E-state index in [1.807, 2.05) is 18.2 Å². The highest BCUT2D eigenvalue weighted by Gasteiger charge is 2.42. The number of hydrogen-bond donors (Lipinski definition) is 3. The Morgan fingerprint density at radius 1 is 0.556 bits per heavy atom. The van der Waals surface area contributed by atoms with Crippen molar-refractivity contribution < 1.29 is 20.1 Å². The van der Waals surface area contributed by atoms with Gasteiger partial charge in [0, 0.05) is 0 Å². The molecule has 3 unspecified atom stereocenters. The number of aliphatic hydroxyl groups is 3. The number of para-hydroxylation sites is 1. The summed E-state index contributed by atoms with van der Waals surface area (Å²) in [5, 5.41) is 32.2. The lowest BCUT2D eigenvalue weighted by molar-refractivity contribution is -0.0749. The second-order valence-electron chi connectivity index (χ2n) is 18.4. The monoisotopic (exact) mass is 625 g/mol. The van der Waals surface area contributed by atoms with Gasteiger partial charge in [-0.2, -0.15) is 0 Å². The highest BCUT2D eigenvalue weighted by atomic mass is 16.5. The zero-order chi connectivity index (χ0) is 34.3. The van der Waals surface area contributed by atoms with E-state index in [1.54, 1.807) is 0 Å². The minimum Gasteiger partial charge on any atom is -0.485 e. The van der Waals surface area contributed by atoms with E-state index in [0.717, 1.165) is 61.0 Å². The summed E-state index contributed by atoms with van der Waals surface area (Å²) in [6, 6.07) is 16.5. The summed E-state index contributed by atoms with van der Waals surface area (Å²) in [5.41, 5.74) is 2.64. The number of aliphatic hydroxyl groups excluding tert-OH is 3. The molecule has 0 aliphatic heterocycles. The highest BCUT2D eigenvalue weighted by Crippen LogP contribution is 2.44.